The first-order valence-corrected chi connectivity index (χ1v) is 5.55. The molecular formula is C12H7BrClF. The molecule has 2 aromatic rings. The number of halogens is 3. The molecule has 2 aromatic carbocycles. The molecule has 0 aliphatic heterocycles. The smallest absolute Gasteiger partial charge is 0.132 e. The van der Waals surface area contributed by atoms with Crippen molar-refractivity contribution >= 4 is 27.5 Å². The van der Waals surface area contributed by atoms with Gasteiger partial charge in [0.2, 0.25) is 0 Å². The summed E-state index contributed by atoms with van der Waals surface area (Å²) in [5, 5.41) is 0.409. The molecule has 0 aromatic heterocycles. The molecule has 0 atom stereocenters. The summed E-state index contributed by atoms with van der Waals surface area (Å²) in [5.74, 6) is -0.305. The molecule has 2 rings (SSSR count). The van der Waals surface area contributed by atoms with E-state index in [9.17, 15) is 4.39 Å². The maximum atomic E-state index is 13.6. The van der Waals surface area contributed by atoms with Crippen LogP contribution in [0.3, 0.4) is 0 Å². The van der Waals surface area contributed by atoms with Crippen LogP contribution >= 0.6 is 27.5 Å². The molecule has 0 spiro atoms. The van der Waals surface area contributed by atoms with Gasteiger partial charge < -0.3 is 0 Å². The Morgan fingerprint density at radius 2 is 1.87 bits per heavy atom. The highest BCUT2D eigenvalue weighted by Crippen LogP contribution is 2.27. The molecule has 0 unspecified atom stereocenters. The lowest BCUT2D eigenvalue weighted by Crippen LogP contribution is -1.83. The number of benzene rings is 2. The average molecular weight is 286 g/mol. The van der Waals surface area contributed by atoms with Gasteiger partial charge in [-0.25, -0.2) is 4.39 Å². The van der Waals surface area contributed by atoms with Crippen molar-refractivity contribution < 1.29 is 4.39 Å². The Labute approximate surface area is 101 Å². The summed E-state index contributed by atoms with van der Waals surface area (Å²) in [6, 6.07) is 12.2. The average Bonchev–Trinajstić information content (AvgIpc) is 2.17. The van der Waals surface area contributed by atoms with Gasteiger partial charge in [-0.05, 0) is 35.9 Å². The Kier molecular flexibility index (Phi) is 3.08. The molecule has 3 heteroatoms. The summed E-state index contributed by atoms with van der Waals surface area (Å²) >= 11 is 9.04. The highest BCUT2D eigenvalue weighted by Gasteiger charge is 2.05. The van der Waals surface area contributed by atoms with Gasteiger partial charge in [0.15, 0.2) is 0 Å². The summed E-state index contributed by atoms with van der Waals surface area (Å²) in [4.78, 5) is 0. The zero-order chi connectivity index (χ0) is 10.8. The summed E-state index contributed by atoms with van der Waals surface area (Å²) in [7, 11) is 0. The molecule has 0 heterocycles. The van der Waals surface area contributed by atoms with Crippen LogP contribution < -0.4 is 0 Å². The van der Waals surface area contributed by atoms with Crippen LogP contribution in [0.1, 0.15) is 0 Å². The topological polar surface area (TPSA) is 0 Å². The second-order valence-electron chi connectivity index (χ2n) is 3.13. The van der Waals surface area contributed by atoms with Gasteiger partial charge in [0.25, 0.3) is 0 Å². The van der Waals surface area contributed by atoms with E-state index >= 15 is 0 Å². The van der Waals surface area contributed by atoms with Crippen LogP contribution in [-0.2, 0) is 0 Å². The Morgan fingerprint density at radius 1 is 1.07 bits per heavy atom. The predicted octanol–water partition coefficient (Wildman–Crippen LogP) is 4.91. The van der Waals surface area contributed by atoms with Crippen molar-refractivity contribution in [2.24, 2.45) is 0 Å². The quantitative estimate of drug-likeness (QED) is 0.698. The standard InChI is InChI=1S/C12H7BrClF/c13-9-3-1-2-8(6-9)11-5-4-10(14)7-12(11)15/h1-7H. The molecule has 0 N–H and O–H groups in total. The molecule has 76 valence electrons. The van der Waals surface area contributed by atoms with Crippen molar-refractivity contribution in [3.63, 3.8) is 0 Å². The number of hydrogen-bond acceptors (Lipinski definition) is 0. The van der Waals surface area contributed by atoms with Gasteiger partial charge in [-0.3, -0.25) is 0 Å². The third-order valence-corrected chi connectivity index (χ3v) is 2.80. The molecule has 0 saturated heterocycles. The summed E-state index contributed by atoms with van der Waals surface area (Å²) in [6.45, 7) is 0. The lowest BCUT2D eigenvalue weighted by atomic mass is 10.1. The zero-order valence-electron chi connectivity index (χ0n) is 7.68. The monoisotopic (exact) mass is 284 g/mol. The van der Waals surface area contributed by atoms with E-state index in [4.69, 9.17) is 11.6 Å². The van der Waals surface area contributed by atoms with Crippen LogP contribution in [0.4, 0.5) is 4.39 Å². The van der Waals surface area contributed by atoms with Crippen LogP contribution in [0.25, 0.3) is 11.1 Å². The molecule has 0 amide bonds. The molecule has 0 bridgehead atoms. The molecule has 0 saturated carbocycles. The summed E-state index contributed by atoms with van der Waals surface area (Å²) < 4.78 is 14.5. The van der Waals surface area contributed by atoms with E-state index in [0.717, 1.165) is 10.0 Å². The minimum absolute atomic E-state index is 0.305. The third kappa shape index (κ3) is 2.39. The summed E-state index contributed by atoms with van der Waals surface area (Å²) in [5.41, 5.74) is 1.39. The fraction of sp³-hybridized carbons (Fsp3) is 0. The van der Waals surface area contributed by atoms with Gasteiger partial charge in [0, 0.05) is 15.1 Å². The first-order valence-electron chi connectivity index (χ1n) is 4.38. The van der Waals surface area contributed by atoms with Crippen molar-refractivity contribution in [2.75, 3.05) is 0 Å². The molecule has 15 heavy (non-hydrogen) atoms. The van der Waals surface area contributed by atoms with Crippen LogP contribution in [0, 0.1) is 5.82 Å². The lowest BCUT2D eigenvalue weighted by Gasteiger charge is -2.04. The minimum atomic E-state index is -0.305. The Hall–Kier alpha value is -0.860. The van der Waals surface area contributed by atoms with Crippen LogP contribution in [0.2, 0.25) is 5.02 Å². The van der Waals surface area contributed by atoms with Crippen molar-refractivity contribution in [1.82, 2.24) is 0 Å². The molecule has 0 radical (unpaired) electrons. The number of hydrogen-bond donors (Lipinski definition) is 0. The van der Waals surface area contributed by atoms with Gasteiger partial charge in [0.1, 0.15) is 5.82 Å². The lowest BCUT2D eigenvalue weighted by molar-refractivity contribution is 0.631. The molecule has 0 fully saturated rings. The van der Waals surface area contributed by atoms with E-state index in [0.29, 0.717) is 10.6 Å². The maximum absolute atomic E-state index is 13.6. The zero-order valence-corrected chi connectivity index (χ0v) is 10.0. The van der Waals surface area contributed by atoms with E-state index in [2.05, 4.69) is 15.9 Å². The fourth-order valence-corrected chi connectivity index (χ4v) is 1.94. The van der Waals surface area contributed by atoms with Crippen LogP contribution in [-0.4, -0.2) is 0 Å². The predicted molar refractivity (Wildman–Crippen MR) is 64.5 cm³/mol. The van der Waals surface area contributed by atoms with Crippen LogP contribution in [0.5, 0.6) is 0 Å². The van der Waals surface area contributed by atoms with Crippen molar-refractivity contribution in [1.29, 1.82) is 0 Å². The Morgan fingerprint density at radius 3 is 2.53 bits per heavy atom. The summed E-state index contributed by atoms with van der Waals surface area (Å²) in [6.07, 6.45) is 0. The highest BCUT2D eigenvalue weighted by molar-refractivity contribution is 9.10. The fourth-order valence-electron chi connectivity index (χ4n) is 1.38. The molecule has 0 nitrogen and oxygen atoms in total. The van der Waals surface area contributed by atoms with Crippen molar-refractivity contribution in [3.05, 3.63) is 57.8 Å². The highest BCUT2D eigenvalue weighted by atomic mass is 79.9. The van der Waals surface area contributed by atoms with Gasteiger partial charge in [-0.15, -0.1) is 0 Å². The van der Waals surface area contributed by atoms with Crippen molar-refractivity contribution in [3.8, 4) is 11.1 Å². The Bertz CT molecular complexity index is 497. The van der Waals surface area contributed by atoms with E-state index < -0.39 is 0 Å². The SMILES string of the molecule is Fc1cc(Cl)ccc1-c1cccc(Br)c1. The Balaban J connectivity index is 2.54. The largest absolute Gasteiger partial charge is 0.206 e. The first-order chi connectivity index (χ1) is 7.16. The van der Waals surface area contributed by atoms with Gasteiger partial charge >= 0.3 is 0 Å². The third-order valence-electron chi connectivity index (χ3n) is 2.07. The van der Waals surface area contributed by atoms with Gasteiger partial charge in [0.05, 0.1) is 0 Å². The van der Waals surface area contributed by atoms with E-state index in [1.165, 1.54) is 6.07 Å². The maximum Gasteiger partial charge on any atom is 0.132 e. The van der Waals surface area contributed by atoms with E-state index in [-0.39, 0.29) is 5.82 Å². The second kappa shape index (κ2) is 4.33. The normalized spacial score (nSPS) is 10.3. The molecule has 0 aliphatic carbocycles. The molecule has 0 aliphatic rings. The minimum Gasteiger partial charge on any atom is -0.206 e. The first kappa shape index (κ1) is 10.7. The molecular weight excluding hydrogens is 278 g/mol. The van der Waals surface area contributed by atoms with Crippen LogP contribution in [0.15, 0.2) is 46.9 Å². The second-order valence-corrected chi connectivity index (χ2v) is 4.49. The van der Waals surface area contributed by atoms with Crippen molar-refractivity contribution in [2.45, 2.75) is 0 Å². The van der Waals surface area contributed by atoms with E-state index in [1.807, 2.05) is 24.3 Å². The van der Waals surface area contributed by atoms with E-state index in [1.54, 1.807) is 12.1 Å². The number of rotatable bonds is 1. The van der Waals surface area contributed by atoms with Gasteiger partial charge in [-0.1, -0.05) is 39.7 Å². The van der Waals surface area contributed by atoms with Gasteiger partial charge in [-0.2, -0.15) is 0 Å².